The van der Waals surface area contributed by atoms with Crippen LogP contribution in [0.2, 0.25) is 0 Å². The molecule has 0 bridgehead atoms. The van der Waals surface area contributed by atoms with Crippen LogP contribution in [0.25, 0.3) is 0 Å². The average molecular weight is 156 g/mol. The quantitative estimate of drug-likeness (QED) is 0.510. The van der Waals surface area contributed by atoms with Crippen LogP contribution in [0.5, 0.6) is 0 Å². The van der Waals surface area contributed by atoms with Gasteiger partial charge in [0.2, 0.25) is 5.50 Å². The van der Waals surface area contributed by atoms with Gasteiger partial charge in [-0.3, -0.25) is 0 Å². The third-order valence-electron chi connectivity index (χ3n) is 1.27. The second kappa shape index (κ2) is 1.45. The van der Waals surface area contributed by atoms with Crippen molar-refractivity contribution in [3.8, 4) is 0 Å². The fraction of sp³-hybridized carbons (Fsp3) is 1.00. The van der Waals surface area contributed by atoms with Gasteiger partial charge in [0.05, 0.1) is 5.75 Å². The summed E-state index contributed by atoms with van der Waals surface area (Å²) >= 11 is 0. The van der Waals surface area contributed by atoms with Gasteiger partial charge in [-0.15, -0.1) is 0 Å². The van der Waals surface area contributed by atoms with Crippen molar-refractivity contribution in [1.82, 2.24) is 0 Å². The van der Waals surface area contributed by atoms with E-state index in [9.17, 15) is 17.2 Å². The maximum Gasteiger partial charge on any atom is 0.235 e. The van der Waals surface area contributed by atoms with Crippen LogP contribution in [0.1, 0.15) is 6.92 Å². The summed E-state index contributed by atoms with van der Waals surface area (Å²) in [6.45, 7) is 0.943. The Morgan fingerprint density at radius 1 is 1.67 bits per heavy atom. The van der Waals surface area contributed by atoms with Crippen LogP contribution in [0.4, 0.5) is 8.78 Å². The molecule has 1 rings (SSSR count). The van der Waals surface area contributed by atoms with Crippen molar-refractivity contribution in [3.05, 3.63) is 0 Å². The highest BCUT2D eigenvalue weighted by Crippen LogP contribution is 2.36. The Bertz CT molecular complexity index is 219. The van der Waals surface area contributed by atoms with Crippen LogP contribution >= 0.6 is 0 Å². The summed E-state index contributed by atoms with van der Waals surface area (Å²) < 4.78 is 44.9. The van der Waals surface area contributed by atoms with E-state index in [0.29, 0.717) is 0 Å². The number of sulfone groups is 1. The molecule has 2 unspecified atom stereocenters. The first-order chi connectivity index (χ1) is 3.86. The molecule has 2 atom stereocenters. The van der Waals surface area contributed by atoms with Crippen molar-refractivity contribution in [2.75, 3.05) is 5.75 Å². The molecule has 0 spiro atoms. The summed E-state index contributed by atoms with van der Waals surface area (Å²) in [5.41, 5.74) is -4.44. The van der Waals surface area contributed by atoms with Gasteiger partial charge in [-0.05, 0) is 6.92 Å². The Morgan fingerprint density at radius 3 is 2.11 bits per heavy atom. The van der Waals surface area contributed by atoms with E-state index in [0.717, 1.165) is 6.92 Å². The molecule has 1 heterocycles. The first kappa shape index (κ1) is 6.92. The van der Waals surface area contributed by atoms with E-state index in [2.05, 4.69) is 0 Å². The normalized spacial score (nSPS) is 48.1. The molecule has 0 saturated carbocycles. The topological polar surface area (TPSA) is 34.1 Å². The van der Waals surface area contributed by atoms with Crippen molar-refractivity contribution in [1.29, 1.82) is 0 Å². The fourth-order valence-electron chi connectivity index (χ4n) is 0.807. The molecular formula is C4H6F2O2S. The fourth-order valence-corrected chi connectivity index (χ4v) is 2.42. The van der Waals surface area contributed by atoms with Crippen molar-refractivity contribution in [2.24, 2.45) is 0 Å². The predicted molar refractivity (Wildman–Crippen MR) is 28.2 cm³/mol. The smallest absolute Gasteiger partial charge is 0.235 e. The summed E-state index contributed by atoms with van der Waals surface area (Å²) in [6.07, 6.45) is 0. The van der Waals surface area contributed by atoms with Crippen LogP contribution in [0.3, 0.4) is 0 Å². The van der Waals surface area contributed by atoms with Crippen LogP contribution in [0.15, 0.2) is 0 Å². The van der Waals surface area contributed by atoms with Crippen molar-refractivity contribution in [3.63, 3.8) is 0 Å². The van der Waals surface area contributed by atoms with Gasteiger partial charge in [-0.1, -0.05) is 0 Å². The molecule has 0 amide bonds. The van der Waals surface area contributed by atoms with Gasteiger partial charge < -0.3 is 0 Å². The summed E-state index contributed by atoms with van der Waals surface area (Å²) in [7, 11) is -3.71. The first-order valence-electron chi connectivity index (χ1n) is 2.41. The third-order valence-corrected chi connectivity index (χ3v) is 3.36. The molecule has 1 saturated heterocycles. The largest absolute Gasteiger partial charge is 0.239 e. The molecule has 0 radical (unpaired) electrons. The minimum atomic E-state index is -3.71. The molecule has 0 aromatic rings. The predicted octanol–water partition coefficient (Wildman–Crippen LogP) is 0.439. The Kier molecular flexibility index (Phi) is 1.11. The molecule has 2 nitrogen and oxygen atoms in total. The van der Waals surface area contributed by atoms with Gasteiger partial charge in [0.15, 0.2) is 15.5 Å². The molecule has 1 aliphatic heterocycles. The molecule has 1 aliphatic rings. The minimum absolute atomic E-state index is 0.679. The Morgan fingerprint density at radius 2 is 2.11 bits per heavy atom. The number of alkyl halides is 2. The van der Waals surface area contributed by atoms with Crippen molar-refractivity contribution in [2.45, 2.75) is 18.1 Å². The third kappa shape index (κ3) is 0.831. The summed E-state index contributed by atoms with van der Waals surface area (Å²) in [4.78, 5) is 0. The average Bonchev–Trinajstić information content (AvgIpc) is 1.63. The highest BCUT2D eigenvalue weighted by molar-refractivity contribution is 7.93. The Labute approximate surface area is 51.8 Å². The molecule has 0 aromatic carbocycles. The van der Waals surface area contributed by atoms with E-state index in [4.69, 9.17) is 0 Å². The molecule has 5 heteroatoms. The zero-order valence-electron chi connectivity index (χ0n) is 4.77. The molecule has 1 fully saturated rings. The van der Waals surface area contributed by atoms with Crippen LogP contribution < -0.4 is 0 Å². The summed E-state index contributed by atoms with van der Waals surface area (Å²) in [6, 6.07) is 0. The summed E-state index contributed by atoms with van der Waals surface area (Å²) in [5, 5.41) is 0. The summed E-state index contributed by atoms with van der Waals surface area (Å²) in [5.74, 6) is -0.679. The number of rotatable bonds is 0. The lowest BCUT2D eigenvalue weighted by atomic mass is 10.2. The zero-order chi connectivity index (χ0) is 7.28. The van der Waals surface area contributed by atoms with Crippen LogP contribution in [-0.2, 0) is 9.84 Å². The van der Waals surface area contributed by atoms with E-state index in [-0.39, 0.29) is 0 Å². The van der Waals surface area contributed by atoms with E-state index in [1.165, 1.54) is 0 Å². The molecule has 0 aliphatic carbocycles. The Balaban J connectivity index is 2.86. The van der Waals surface area contributed by atoms with Gasteiger partial charge in [-0.25, -0.2) is 17.2 Å². The number of hydrogen-bond acceptors (Lipinski definition) is 2. The molecule has 0 N–H and O–H groups in total. The SMILES string of the molecule is CC1(F)CS(=O)(=O)C1F. The monoisotopic (exact) mass is 156 g/mol. The first-order valence-corrected chi connectivity index (χ1v) is 4.12. The zero-order valence-corrected chi connectivity index (χ0v) is 5.58. The minimum Gasteiger partial charge on any atom is -0.239 e. The van der Waals surface area contributed by atoms with E-state index in [1.807, 2.05) is 0 Å². The van der Waals surface area contributed by atoms with Crippen LogP contribution in [0, 0.1) is 0 Å². The standard InChI is InChI=1S/C4H6F2O2S/c1-4(6)2-9(7,8)3(4)5/h3H,2H2,1H3. The second-order valence-electron chi connectivity index (χ2n) is 2.40. The lowest BCUT2D eigenvalue weighted by Crippen LogP contribution is -2.55. The molecule has 9 heavy (non-hydrogen) atoms. The van der Waals surface area contributed by atoms with Gasteiger partial charge in [0.25, 0.3) is 0 Å². The lowest BCUT2D eigenvalue weighted by Gasteiger charge is -2.33. The van der Waals surface area contributed by atoms with Gasteiger partial charge in [0, 0.05) is 0 Å². The Hall–Kier alpha value is -0.190. The second-order valence-corrected chi connectivity index (χ2v) is 4.43. The number of halogens is 2. The van der Waals surface area contributed by atoms with Gasteiger partial charge in [0.1, 0.15) is 0 Å². The van der Waals surface area contributed by atoms with E-state index in [1.54, 1.807) is 0 Å². The van der Waals surface area contributed by atoms with Crippen molar-refractivity contribution >= 4 is 9.84 Å². The molecular weight excluding hydrogens is 150 g/mol. The maximum atomic E-state index is 12.3. The number of hydrogen-bond donors (Lipinski definition) is 0. The highest BCUT2D eigenvalue weighted by atomic mass is 32.2. The highest BCUT2D eigenvalue weighted by Gasteiger charge is 2.57. The maximum absolute atomic E-state index is 12.3. The molecule has 54 valence electrons. The van der Waals surface area contributed by atoms with Crippen molar-refractivity contribution < 1.29 is 17.2 Å². The van der Waals surface area contributed by atoms with E-state index < -0.39 is 26.8 Å². The van der Waals surface area contributed by atoms with Crippen LogP contribution in [-0.4, -0.2) is 25.3 Å². The lowest BCUT2D eigenvalue weighted by molar-refractivity contribution is 0.110. The van der Waals surface area contributed by atoms with Gasteiger partial charge >= 0.3 is 0 Å². The van der Waals surface area contributed by atoms with E-state index >= 15 is 0 Å². The molecule has 0 aromatic heterocycles. The van der Waals surface area contributed by atoms with Gasteiger partial charge in [-0.2, -0.15) is 0 Å².